The van der Waals surface area contributed by atoms with E-state index in [1.165, 1.54) is 0 Å². The van der Waals surface area contributed by atoms with Crippen LogP contribution in [-0.2, 0) is 14.3 Å². The Morgan fingerprint density at radius 2 is 1.87 bits per heavy atom. The molecule has 0 radical (unpaired) electrons. The monoisotopic (exact) mass is 318 g/mol. The number of esters is 1. The zero-order valence-corrected chi connectivity index (χ0v) is 13.6. The smallest absolute Gasteiger partial charge is 0.338 e. The molecule has 1 atom stereocenters. The predicted molar refractivity (Wildman–Crippen MR) is 85.7 cm³/mol. The van der Waals surface area contributed by atoms with Crippen LogP contribution in [0.3, 0.4) is 0 Å². The van der Waals surface area contributed by atoms with Crippen molar-refractivity contribution >= 4 is 12.0 Å². The molecule has 1 aliphatic rings. The standard InChI is InChI=1S/C17H22N2O4/c1-4-22-9-10-23-16(20)14-12(3)18-17(21)19-15(14)13-7-5-11(2)6-8-13/h5-8,15H,4,9-10H2,1-3H3,(H2,18,19,21)/t15-/m0/s1. The van der Waals surface area contributed by atoms with Gasteiger partial charge in [-0.15, -0.1) is 0 Å². The van der Waals surface area contributed by atoms with Crippen LogP contribution in [0.4, 0.5) is 4.79 Å². The second kappa shape index (κ2) is 7.78. The van der Waals surface area contributed by atoms with Gasteiger partial charge in [-0.25, -0.2) is 9.59 Å². The number of carbonyl (C=O) groups excluding carboxylic acids is 2. The molecule has 2 N–H and O–H groups in total. The molecule has 0 bridgehead atoms. The maximum atomic E-state index is 12.4. The first-order chi connectivity index (χ1) is 11.0. The molecular formula is C17H22N2O4. The average Bonchev–Trinajstić information content (AvgIpc) is 2.51. The lowest BCUT2D eigenvalue weighted by Gasteiger charge is -2.28. The first kappa shape index (κ1) is 17.0. The van der Waals surface area contributed by atoms with Crippen LogP contribution >= 0.6 is 0 Å². The Labute approximate surface area is 135 Å². The molecular weight excluding hydrogens is 296 g/mol. The summed E-state index contributed by atoms with van der Waals surface area (Å²) in [4.78, 5) is 24.2. The number of aryl methyl sites for hydroxylation is 1. The molecule has 0 spiro atoms. The molecule has 0 saturated heterocycles. The molecule has 1 aromatic rings. The number of rotatable bonds is 6. The molecule has 0 saturated carbocycles. The molecule has 1 aromatic carbocycles. The van der Waals surface area contributed by atoms with Gasteiger partial charge >= 0.3 is 12.0 Å². The van der Waals surface area contributed by atoms with Crippen LogP contribution in [0.2, 0.25) is 0 Å². The Kier molecular flexibility index (Phi) is 5.76. The fraction of sp³-hybridized carbons (Fsp3) is 0.412. The summed E-state index contributed by atoms with van der Waals surface area (Å²) < 4.78 is 10.4. The fourth-order valence-electron chi connectivity index (χ4n) is 2.39. The minimum absolute atomic E-state index is 0.179. The summed E-state index contributed by atoms with van der Waals surface area (Å²) in [5.41, 5.74) is 2.85. The highest BCUT2D eigenvalue weighted by molar-refractivity contribution is 5.95. The lowest BCUT2D eigenvalue weighted by Crippen LogP contribution is -2.45. The highest BCUT2D eigenvalue weighted by Gasteiger charge is 2.32. The van der Waals surface area contributed by atoms with Crippen molar-refractivity contribution in [3.63, 3.8) is 0 Å². The Morgan fingerprint density at radius 1 is 1.17 bits per heavy atom. The van der Waals surface area contributed by atoms with Gasteiger partial charge in [0, 0.05) is 12.3 Å². The van der Waals surface area contributed by atoms with E-state index in [9.17, 15) is 9.59 Å². The molecule has 6 nitrogen and oxygen atoms in total. The van der Waals surface area contributed by atoms with Crippen molar-refractivity contribution in [2.75, 3.05) is 19.8 Å². The van der Waals surface area contributed by atoms with Crippen LogP contribution < -0.4 is 10.6 Å². The van der Waals surface area contributed by atoms with Crippen molar-refractivity contribution in [3.8, 4) is 0 Å². The molecule has 1 aliphatic heterocycles. The Morgan fingerprint density at radius 3 is 2.52 bits per heavy atom. The van der Waals surface area contributed by atoms with E-state index in [0.717, 1.165) is 11.1 Å². The number of hydrogen-bond acceptors (Lipinski definition) is 4. The summed E-state index contributed by atoms with van der Waals surface area (Å²) in [6.07, 6.45) is 0. The number of nitrogens with one attached hydrogen (secondary N) is 2. The Hall–Kier alpha value is -2.34. The Balaban J connectivity index is 2.20. The SMILES string of the molecule is CCOCCOC(=O)C1=C(C)NC(=O)N[C@H]1c1ccc(C)cc1. The van der Waals surface area contributed by atoms with E-state index in [1.54, 1.807) is 6.92 Å². The van der Waals surface area contributed by atoms with Gasteiger partial charge in [0.2, 0.25) is 0 Å². The van der Waals surface area contributed by atoms with Gasteiger partial charge in [0.25, 0.3) is 0 Å². The molecule has 2 amide bonds. The van der Waals surface area contributed by atoms with Crippen LogP contribution in [0.1, 0.15) is 31.0 Å². The second-order valence-corrected chi connectivity index (χ2v) is 5.31. The summed E-state index contributed by atoms with van der Waals surface area (Å²) in [7, 11) is 0. The molecule has 6 heteroatoms. The normalized spacial score (nSPS) is 17.5. The van der Waals surface area contributed by atoms with Gasteiger partial charge in [0.05, 0.1) is 18.2 Å². The maximum absolute atomic E-state index is 12.4. The van der Waals surface area contributed by atoms with E-state index in [0.29, 0.717) is 24.5 Å². The third kappa shape index (κ3) is 4.32. The number of benzene rings is 1. The lowest BCUT2D eigenvalue weighted by atomic mass is 9.95. The van der Waals surface area contributed by atoms with Gasteiger partial charge in [-0.05, 0) is 26.3 Å². The number of urea groups is 1. The molecule has 124 valence electrons. The lowest BCUT2D eigenvalue weighted by molar-refractivity contribution is -0.141. The van der Waals surface area contributed by atoms with Crippen molar-refractivity contribution in [1.29, 1.82) is 0 Å². The van der Waals surface area contributed by atoms with E-state index in [2.05, 4.69) is 10.6 Å². The molecule has 0 unspecified atom stereocenters. The van der Waals surface area contributed by atoms with Crippen LogP contribution in [0.5, 0.6) is 0 Å². The van der Waals surface area contributed by atoms with Crippen LogP contribution in [0, 0.1) is 6.92 Å². The van der Waals surface area contributed by atoms with Crippen molar-refractivity contribution in [2.24, 2.45) is 0 Å². The quantitative estimate of drug-likeness (QED) is 0.623. The zero-order valence-electron chi connectivity index (χ0n) is 13.6. The van der Waals surface area contributed by atoms with Gasteiger partial charge in [-0.1, -0.05) is 29.8 Å². The van der Waals surface area contributed by atoms with Gasteiger partial charge in [0.1, 0.15) is 6.61 Å². The Bertz CT molecular complexity index is 608. The van der Waals surface area contributed by atoms with E-state index in [1.807, 2.05) is 38.1 Å². The summed E-state index contributed by atoms with van der Waals surface area (Å²) in [5, 5.41) is 5.40. The summed E-state index contributed by atoms with van der Waals surface area (Å²) in [5.74, 6) is -0.458. The number of carbonyl (C=O) groups is 2. The van der Waals surface area contributed by atoms with Crippen molar-refractivity contribution in [2.45, 2.75) is 26.8 Å². The molecule has 0 aromatic heterocycles. The average molecular weight is 318 g/mol. The van der Waals surface area contributed by atoms with Gasteiger partial charge in [-0.3, -0.25) is 0 Å². The topological polar surface area (TPSA) is 76.7 Å². The minimum Gasteiger partial charge on any atom is -0.460 e. The van der Waals surface area contributed by atoms with Gasteiger partial charge in [-0.2, -0.15) is 0 Å². The van der Waals surface area contributed by atoms with Crippen molar-refractivity contribution in [3.05, 3.63) is 46.7 Å². The largest absolute Gasteiger partial charge is 0.460 e. The van der Waals surface area contributed by atoms with E-state index in [-0.39, 0.29) is 12.6 Å². The zero-order chi connectivity index (χ0) is 16.8. The molecule has 0 aliphatic carbocycles. The molecule has 1 heterocycles. The van der Waals surface area contributed by atoms with Crippen molar-refractivity contribution < 1.29 is 19.1 Å². The molecule has 23 heavy (non-hydrogen) atoms. The highest BCUT2D eigenvalue weighted by atomic mass is 16.6. The summed E-state index contributed by atoms with van der Waals surface area (Å²) >= 11 is 0. The predicted octanol–water partition coefficient (Wildman–Crippen LogP) is 2.20. The molecule has 2 rings (SSSR count). The van der Waals surface area contributed by atoms with Crippen LogP contribution in [0.25, 0.3) is 0 Å². The van der Waals surface area contributed by atoms with E-state index < -0.39 is 12.0 Å². The minimum atomic E-state index is -0.524. The highest BCUT2D eigenvalue weighted by Crippen LogP contribution is 2.27. The van der Waals surface area contributed by atoms with Gasteiger partial charge < -0.3 is 20.1 Å². The van der Waals surface area contributed by atoms with E-state index >= 15 is 0 Å². The maximum Gasteiger partial charge on any atom is 0.338 e. The first-order valence-electron chi connectivity index (χ1n) is 7.62. The fourth-order valence-corrected chi connectivity index (χ4v) is 2.39. The number of amides is 2. The summed E-state index contributed by atoms with van der Waals surface area (Å²) in [6.45, 7) is 6.65. The second-order valence-electron chi connectivity index (χ2n) is 5.31. The number of ether oxygens (including phenoxy) is 2. The summed E-state index contributed by atoms with van der Waals surface area (Å²) in [6, 6.07) is 6.81. The first-order valence-corrected chi connectivity index (χ1v) is 7.62. The van der Waals surface area contributed by atoms with Gasteiger partial charge in [0.15, 0.2) is 0 Å². The van der Waals surface area contributed by atoms with Crippen molar-refractivity contribution in [1.82, 2.24) is 10.6 Å². The number of allylic oxidation sites excluding steroid dienone is 1. The number of hydrogen-bond donors (Lipinski definition) is 2. The van der Waals surface area contributed by atoms with E-state index in [4.69, 9.17) is 9.47 Å². The third-order valence-electron chi connectivity index (χ3n) is 3.56. The van der Waals surface area contributed by atoms with Crippen LogP contribution in [0.15, 0.2) is 35.5 Å². The molecule has 0 fully saturated rings. The third-order valence-corrected chi connectivity index (χ3v) is 3.56. The van der Waals surface area contributed by atoms with Crippen LogP contribution in [-0.4, -0.2) is 31.8 Å².